The molecule has 13 heavy (non-hydrogen) atoms. The summed E-state index contributed by atoms with van der Waals surface area (Å²) in [5.74, 6) is -1.16. The molecule has 0 aliphatic heterocycles. The van der Waals surface area contributed by atoms with Crippen LogP contribution in [-0.4, -0.2) is 10.2 Å². The van der Waals surface area contributed by atoms with Gasteiger partial charge in [-0.25, -0.2) is 8.78 Å². The maximum atomic E-state index is 13.1. The molecular formula is C9H6F2N2. The van der Waals surface area contributed by atoms with Gasteiger partial charge in [-0.05, 0) is 12.1 Å². The molecule has 0 bridgehead atoms. The van der Waals surface area contributed by atoms with Crippen molar-refractivity contribution in [3.63, 3.8) is 0 Å². The fraction of sp³-hybridized carbons (Fsp3) is 0. The Bertz CT molecular complexity index is 389. The first kappa shape index (κ1) is 7.91. The van der Waals surface area contributed by atoms with E-state index in [1.165, 1.54) is 30.6 Å². The van der Waals surface area contributed by atoms with Gasteiger partial charge in [-0.1, -0.05) is 6.07 Å². The molecule has 2 aromatic rings. The van der Waals surface area contributed by atoms with E-state index in [0.29, 0.717) is 5.56 Å². The van der Waals surface area contributed by atoms with Gasteiger partial charge in [-0.2, -0.15) is 5.10 Å². The summed E-state index contributed by atoms with van der Waals surface area (Å²) in [6.07, 6.45) is 2.82. The Morgan fingerprint density at radius 2 is 1.85 bits per heavy atom. The van der Waals surface area contributed by atoms with Gasteiger partial charge >= 0.3 is 0 Å². The van der Waals surface area contributed by atoms with E-state index in [1.807, 2.05) is 0 Å². The van der Waals surface area contributed by atoms with E-state index in [-0.39, 0.29) is 5.56 Å². The lowest BCUT2D eigenvalue weighted by Crippen LogP contribution is -1.87. The van der Waals surface area contributed by atoms with Crippen LogP contribution in [0.4, 0.5) is 8.78 Å². The SMILES string of the molecule is Fc1cccc(F)c1-c1cn[nH]c1. The molecule has 2 rings (SSSR count). The molecule has 0 saturated heterocycles. The van der Waals surface area contributed by atoms with E-state index in [4.69, 9.17) is 0 Å². The molecule has 0 radical (unpaired) electrons. The minimum absolute atomic E-state index is 0.0451. The van der Waals surface area contributed by atoms with Crippen LogP contribution in [0.25, 0.3) is 11.1 Å². The molecule has 1 heterocycles. The number of hydrogen-bond acceptors (Lipinski definition) is 1. The molecule has 1 aromatic heterocycles. The van der Waals surface area contributed by atoms with Gasteiger partial charge in [0.05, 0.1) is 11.8 Å². The molecule has 2 nitrogen and oxygen atoms in total. The lowest BCUT2D eigenvalue weighted by Gasteiger charge is -2.00. The summed E-state index contributed by atoms with van der Waals surface area (Å²) in [6, 6.07) is 3.76. The second-order valence-corrected chi connectivity index (χ2v) is 2.58. The predicted molar refractivity (Wildman–Crippen MR) is 43.9 cm³/mol. The third-order valence-corrected chi connectivity index (χ3v) is 1.75. The largest absolute Gasteiger partial charge is 0.285 e. The molecule has 0 amide bonds. The fourth-order valence-corrected chi connectivity index (χ4v) is 1.16. The molecule has 0 aliphatic carbocycles. The average Bonchev–Trinajstić information content (AvgIpc) is 2.57. The number of benzene rings is 1. The summed E-state index contributed by atoms with van der Waals surface area (Å²) in [4.78, 5) is 0. The molecule has 66 valence electrons. The zero-order valence-corrected chi connectivity index (χ0v) is 6.59. The third-order valence-electron chi connectivity index (χ3n) is 1.75. The Hall–Kier alpha value is -1.71. The zero-order valence-electron chi connectivity index (χ0n) is 6.59. The van der Waals surface area contributed by atoms with Gasteiger partial charge in [0.25, 0.3) is 0 Å². The number of halogens is 2. The number of aromatic amines is 1. The highest BCUT2D eigenvalue weighted by atomic mass is 19.1. The van der Waals surface area contributed by atoms with Gasteiger partial charge < -0.3 is 0 Å². The molecule has 0 fully saturated rings. The second kappa shape index (κ2) is 2.97. The van der Waals surface area contributed by atoms with E-state index in [9.17, 15) is 8.78 Å². The summed E-state index contributed by atoms with van der Waals surface area (Å²) in [7, 11) is 0. The standard InChI is InChI=1S/C9H6F2N2/c10-7-2-1-3-8(11)9(7)6-4-12-13-5-6/h1-5H,(H,12,13). The first-order chi connectivity index (χ1) is 6.29. The van der Waals surface area contributed by atoms with Crippen molar-refractivity contribution in [3.05, 3.63) is 42.2 Å². The second-order valence-electron chi connectivity index (χ2n) is 2.58. The monoisotopic (exact) mass is 180 g/mol. The molecular weight excluding hydrogens is 174 g/mol. The zero-order chi connectivity index (χ0) is 9.26. The van der Waals surface area contributed by atoms with Gasteiger partial charge in [0.1, 0.15) is 11.6 Å². The van der Waals surface area contributed by atoms with Gasteiger partial charge in [-0.3, -0.25) is 5.10 Å². The quantitative estimate of drug-likeness (QED) is 0.716. The number of nitrogens with one attached hydrogen (secondary N) is 1. The smallest absolute Gasteiger partial charge is 0.134 e. The summed E-state index contributed by atoms with van der Waals surface area (Å²) in [6.45, 7) is 0. The van der Waals surface area contributed by atoms with Crippen molar-refractivity contribution in [3.8, 4) is 11.1 Å². The molecule has 0 spiro atoms. The van der Waals surface area contributed by atoms with E-state index in [0.717, 1.165) is 0 Å². The minimum atomic E-state index is -0.582. The van der Waals surface area contributed by atoms with Gasteiger partial charge in [0, 0.05) is 11.8 Å². The molecule has 0 atom stereocenters. The molecule has 0 saturated carbocycles. The van der Waals surface area contributed by atoms with Crippen LogP contribution in [0.5, 0.6) is 0 Å². The van der Waals surface area contributed by atoms with Crippen molar-refractivity contribution in [1.29, 1.82) is 0 Å². The number of hydrogen-bond donors (Lipinski definition) is 1. The highest BCUT2D eigenvalue weighted by Crippen LogP contribution is 2.24. The lowest BCUT2D eigenvalue weighted by molar-refractivity contribution is 0.589. The van der Waals surface area contributed by atoms with E-state index >= 15 is 0 Å². The first-order valence-electron chi connectivity index (χ1n) is 3.72. The van der Waals surface area contributed by atoms with Crippen molar-refractivity contribution < 1.29 is 8.78 Å². The van der Waals surface area contributed by atoms with Crippen LogP contribution < -0.4 is 0 Å². The van der Waals surface area contributed by atoms with Crippen molar-refractivity contribution in [2.24, 2.45) is 0 Å². The summed E-state index contributed by atoms with van der Waals surface area (Å²) in [5.41, 5.74) is 0.367. The minimum Gasteiger partial charge on any atom is -0.285 e. The number of aromatic nitrogens is 2. The van der Waals surface area contributed by atoms with Crippen molar-refractivity contribution in [1.82, 2.24) is 10.2 Å². The Balaban J connectivity index is 2.64. The molecule has 1 aromatic carbocycles. The molecule has 0 unspecified atom stereocenters. The van der Waals surface area contributed by atoms with Crippen LogP contribution in [-0.2, 0) is 0 Å². The van der Waals surface area contributed by atoms with Crippen LogP contribution in [0.2, 0.25) is 0 Å². The van der Waals surface area contributed by atoms with E-state index in [1.54, 1.807) is 0 Å². The van der Waals surface area contributed by atoms with Crippen molar-refractivity contribution in [2.75, 3.05) is 0 Å². The maximum absolute atomic E-state index is 13.1. The highest BCUT2D eigenvalue weighted by molar-refractivity contribution is 5.62. The third kappa shape index (κ3) is 1.30. The van der Waals surface area contributed by atoms with Crippen molar-refractivity contribution >= 4 is 0 Å². The Labute approximate surface area is 73.2 Å². The van der Waals surface area contributed by atoms with E-state index < -0.39 is 11.6 Å². The highest BCUT2D eigenvalue weighted by Gasteiger charge is 2.10. The Kier molecular flexibility index (Phi) is 1.81. The van der Waals surface area contributed by atoms with Crippen LogP contribution in [0.3, 0.4) is 0 Å². The predicted octanol–water partition coefficient (Wildman–Crippen LogP) is 2.35. The van der Waals surface area contributed by atoms with Crippen LogP contribution >= 0.6 is 0 Å². The summed E-state index contributed by atoms with van der Waals surface area (Å²) < 4.78 is 26.3. The molecule has 4 heteroatoms. The molecule has 1 N–H and O–H groups in total. The lowest BCUT2D eigenvalue weighted by atomic mass is 10.1. The average molecular weight is 180 g/mol. The Morgan fingerprint density at radius 1 is 1.15 bits per heavy atom. The number of rotatable bonds is 1. The van der Waals surface area contributed by atoms with Gasteiger partial charge in [0.15, 0.2) is 0 Å². The van der Waals surface area contributed by atoms with E-state index in [2.05, 4.69) is 10.2 Å². The first-order valence-corrected chi connectivity index (χ1v) is 3.72. The number of nitrogens with zero attached hydrogens (tertiary/aromatic N) is 1. The topological polar surface area (TPSA) is 28.7 Å². The summed E-state index contributed by atoms with van der Waals surface area (Å²) >= 11 is 0. The van der Waals surface area contributed by atoms with Crippen molar-refractivity contribution in [2.45, 2.75) is 0 Å². The maximum Gasteiger partial charge on any atom is 0.134 e. The Morgan fingerprint density at radius 3 is 2.38 bits per heavy atom. The van der Waals surface area contributed by atoms with Gasteiger partial charge in [0.2, 0.25) is 0 Å². The van der Waals surface area contributed by atoms with Crippen LogP contribution in [0.1, 0.15) is 0 Å². The van der Waals surface area contributed by atoms with Crippen LogP contribution in [0.15, 0.2) is 30.6 Å². The number of H-pyrrole nitrogens is 1. The van der Waals surface area contributed by atoms with Crippen LogP contribution in [0, 0.1) is 11.6 Å². The summed E-state index contributed by atoms with van der Waals surface area (Å²) in [5, 5.41) is 6.12. The van der Waals surface area contributed by atoms with Gasteiger partial charge in [-0.15, -0.1) is 0 Å². The normalized spacial score (nSPS) is 10.3. The molecule has 0 aliphatic rings. The fourth-order valence-electron chi connectivity index (χ4n) is 1.16.